The first kappa shape index (κ1) is 26.6. The highest BCUT2D eigenvalue weighted by molar-refractivity contribution is 7.37. The van der Waals surface area contributed by atoms with Gasteiger partial charge in [0.15, 0.2) is 5.75 Å². The second kappa shape index (κ2) is 17.3. The molecule has 0 aliphatic carbocycles. The first-order chi connectivity index (χ1) is 14.6. The molecule has 2 atom stereocenters. The molecule has 5 nitrogen and oxygen atoms in total. The minimum absolute atomic E-state index is 0.0575. The third-order valence-electron chi connectivity index (χ3n) is 5.13. The quantitative estimate of drug-likeness (QED) is 0.148. The summed E-state index contributed by atoms with van der Waals surface area (Å²) >= 11 is 0. The molecule has 30 heavy (non-hydrogen) atoms. The van der Waals surface area contributed by atoms with E-state index < -0.39 is 14.2 Å². The molecule has 0 spiro atoms. The van der Waals surface area contributed by atoms with Gasteiger partial charge in [-0.15, -0.1) is 0 Å². The van der Waals surface area contributed by atoms with Crippen molar-refractivity contribution in [3.05, 3.63) is 30.3 Å². The molecule has 1 aromatic carbocycles. The molecule has 170 valence electrons. The molecule has 0 saturated heterocycles. The van der Waals surface area contributed by atoms with E-state index in [0.717, 1.165) is 25.7 Å². The molecule has 0 bridgehead atoms. The fraction of sp³-hybridized carbons (Fsp3) is 0.708. The lowest BCUT2D eigenvalue weighted by molar-refractivity contribution is -0.151. The Morgan fingerprint density at radius 1 is 0.900 bits per heavy atom. The highest BCUT2D eigenvalue weighted by Gasteiger charge is 2.29. The second-order valence-corrected chi connectivity index (χ2v) is 8.93. The molecular weight excluding hydrogens is 397 g/mol. The zero-order valence-electron chi connectivity index (χ0n) is 19.1. The summed E-state index contributed by atoms with van der Waals surface area (Å²) in [7, 11) is -2.19. The summed E-state index contributed by atoms with van der Waals surface area (Å²) in [5.74, 6) is 0.144. The zero-order valence-corrected chi connectivity index (χ0v) is 20.0. The van der Waals surface area contributed by atoms with Gasteiger partial charge in [0.05, 0.1) is 0 Å². The van der Waals surface area contributed by atoms with Gasteiger partial charge in [0.2, 0.25) is 0 Å². The molecule has 1 rings (SSSR count). The van der Waals surface area contributed by atoms with Crippen molar-refractivity contribution in [2.24, 2.45) is 0 Å². The molecule has 6 heteroatoms. The molecule has 0 aliphatic rings. The molecule has 0 aromatic heterocycles. The lowest BCUT2D eigenvalue weighted by atomic mass is 10.0. The summed E-state index contributed by atoms with van der Waals surface area (Å²) in [5.41, 5.74) is 0. The van der Waals surface area contributed by atoms with Gasteiger partial charge in [-0.25, -0.2) is 4.52 Å². The highest BCUT2D eigenvalue weighted by atomic mass is 31.1. The second-order valence-electron chi connectivity index (χ2n) is 7.98. The molecule has 1 N–H and O–H groups in total. The number of benzene rings is 1. The van der Waals surface area contributed by atoms with Crippen LogP contribution in [0.4, 0.5) is 0 Å². The third-order valence-corrected chi connectivity index (χ3v) is 6.10. The summed E-state index contributed by atoms with van der Waals surface area (Å²) in [4.78, 5) is 12.5. The maximum Gasteiger partial charge on any atom is 0.664 e. The minimum Gasteiger partial charge on any atom is -0.461 e. The summed E-state index contributed by atoms with van der Waals surface area (Å²) in [6.07, 6.45) is 13.7. The average molecular weight is 439 g/mol. The summed E-state index contributed by atoms with van der Waals surface area (Å²) < 4.78 is 23.3. The van der Waals surface area contributed by atoms with Gasteiger partial charge in [-0.1, -0.05) is 88.5 Å². The number of para-hydroxylation sites is 1. The molecule has 1 unspecified atom stereocenters. The summed E-state index contributed by atoms with van der Waals surface area (Å²) in [6.45, 7) is 6.09. The van der Waals surface area contributed by atoms with Gasteiger partial charge in [-0.3, -0.25) is 4.79 Å². The van der Waals surface area contributed by atoms with E-state index in [1.54, 1.807) is 19.1 Å². The Balaban J connectivity index is 2.44. The molecule has 0 radical (unpaired) electrons. The third kappa shape index (κ3) is 13.0. The van der Waals surface area contributed by atoms with Crippen molar-refractivity contribution in [3.63, 3.8) is 0 Å². The average Bonchev–Trinajstić information content (AvgIpc) is 2.73. The monoisotopic (exact) mass is 438 g/mol. The zero-order chi connectivity index (χ0) is 22.0. The van der Waals surface area contributed by atoms with Crippen molar-refractivity contribution in [2.75, 3.05) is 0 Å². The van der Waals surface area contributed by atoms with Crippen molar-refractivity contribution in [1.82, 2.24) is 5.09 Å². The maximum absolute atomic E-state index is 12.5. The van der Waals surface area contributed by atoms with Gasteiger partial charge in [-0.2, -0.15) is 0 Å². The van der Waals surface area contributed by atoms with Crippen LogP contribution in [0.15, 0.2) is 30.3 Å². The molecule has 0 fully saturated rings. The van der Waals surface area contributed by atoms with E-state index in [-0.39, 0.29) is 12.1 Å². The fourth-order valence-corrected chi connectivity index (χ4v) is 4.08. The first-order valence-corrected chi connectivity index (χ1v) is 12.9. The van der Waals surface area contributed by atoms with Crippen molar-refractivity contribution < 1.29 is 18.6 Å². The SMILES string of the molecule is CCCCCCCC(CCCCCCC)OC(=O)[C@H](C)N[P+](=O)Oc1ccccc1. The van der Waals surface area contributed by atoms with Gasteiger partial charge in [0.25, 0.3) is 0 Å². The number of ether oxygens (including phenoxy) is 1. The van der Waals surface area contributed by atoms with Crippen LogP contribution in [-0.2, 0) is 14.1 Å². The molecular formula is C24H41NO4P+. The topological polar surface area (TPSA) is 64.6 Å². The van der Waals surface area contributed by atoms with Crippen LogP contribution in [0.2, 0.25) is 0 Å². The summed E-state index contributed by atoms with van der Waals surface area (Å²) in [6, 6.07) is 8.25. The summed E-state index contributed by atoms with van der Waals surface area (Å²) in [5, 5.41) is 2.71. The van der Waals surface area contributed by atoms with Crippen LogP contribution in [0, 0.1) is 0 Å². The fourth-order valence-electron chi connectivity index (χ4n) is 3.29. The van der Waals surface area contributed by atoms with Gasteiger partial charge in [0.1, 0.15) is 12.1 Å². The van der Waals surface area contributed by atoms with Crippen LogP contribution in [0.5, 0.6) is 5.75 Å². The predicted molar refractivity (Wildman–Crippen MR) is 124 cm³/mol. The Bertz CT molecular complexity index is 568. The van der Waals surface area contributed by atoms with Gasteiger partial charge in [0, 0.05) is 4.57 Å². The Hall–Kier alpha value is -1.45. The van der Waals surface area contributed by atoms with E-state index in [1.807, 2.05) is 18.2 Å². The van der Waals surface area contributed by atoms with Gasteiger partial charge < -0.3 is 4.74 Å². The number of hydrogen-bond donors (Lipinski definition) is 1. The van der Waals surface area contributed by atoms with Crippen LogP contribution >= 0.6 is 8.18 Å². The van der Waals surface area contributed by atoms with Crippen molar-refractivity contribution in [3.8, 4) is 5.75 Å². The van der Waals surface area contributed by atoms with E-state index in [2.05, 4.69) is 18.9 Å². The van der Waals surface area contributed by atoms with E-state index in [1.165, 1.54) is 51.4 Å². The van der Waals surface area contributed by atoms with Crippen molar-refractivity contribution >= 4 is 14.1 Å². The number of carbonyl (C=O) groups excluding carboxylic acids is 1. The number of esters is 1. The van der Waals surface area contributed by atoms with Crippen molar-refractivity contribution in [1.29, 1.82) is 0 Å². The van der Waals surface area contributed by atoms with Crippen LogP contribution in [0.25, 0.3) is 0 Å². The lowest BCUT2D eigenvalue weighted by Crippen LogP contribution is -2.34. The van der Waals surface area contributed by atoms with Crippen LogP contribution in [0.3, 0.4) is 0 Å². The van der Waals surface area contributed by atoms with E-state index in [9.17, 15) is 9.36 Å². The smallest absolute Gasteiger partial charge is 0.461 e. The Morgan fingerprint density at radius 2 is 1.43 bits per heavy atom. The standard InChI is InChI=1S/C24H41NO4P/c1-4-6-8-10-13-17-22(18-14-11-9-7-5-2)28-24(26)21(3)25-30(27)29-23-19-15-12-16-20-23/h12,15-16,19-22H,4-11,13-14,17-18H2,1-3H3,(H,25,27)/q+1/t21-/m0/s1. The van der Waals surface area contributed by atoms with Gasteiger partial charge >= 0.3 is 14.1 Å². The highest BCUT2D eigenvalue weighted by Crippen LogP contribution is 2.24. The normalized spacial score (nSPS) is 12.6. The van der Waals surface area contributed by atoms with E-state index in [4.69, 9.17) is 9.26 Å². The Labute approximate surface area is 184 Å². The molecule has 0 amide bonds. The van der Waals surface area contributed by atoms with Crippen LogP contribution in [0.1, 0.15) is 97.8 Å². The first-order valence-electron chi connectivity index (χ1n) is 11.7. The maximum atomic E-state index is 12.5. The van der Waals surface area contributed by atoms with Crippen LogP contribution < -0.4 is 9.61 Å². The van der Waals surface area contributed by atoms with Gasteiger partial charge in [-0.05, 0) is 44.7 Å². The Kier molecular flexibility index (Phi) is 15.3. The number of nitrogens with one attached hydrogen (secondary N) is 1. The Morgan fingerprint density at radius 3 is 1.97 bits per heavy atom. The molecule has 1 aromatic rings. The number of carbonyl (C=O) groups is 1. The van der Waals surface area contributed by atoms with E-state index in [0.29, 0.717) is 5.75 Å². The van der Waals surface area contributed by atoms with Crippen molar-refractivity contribution in [2.45, 2.75) is 110 Å². The number of hydrogen-bond acceptors (Lipinski definition) is 4. The molecule has 0 aliphatic heterocycles. The van der Waals surface area contributed by atoms with Crippen LogP contribution in [-0.4, -0.2) is 18.1 Å². The number of unbranched alkanes of at least 4 members (excludes halogenated alkanes) is 8. The molecule has 0 saturated carbocycles. The minimum atomic E-state index is -2.19. The lowest BCUT2D eigenvalue weighted by Gasteiger charge is -2.19. The van der Waals surface area contributed by atoms with E-state index >= 15 is 0 Å². The predicted octanol–water partition coefficient (Wildman–Crippen LogP) is 7.33. The molecule has 0 heterocycles. The number of rotatable bonds is 18. The largest absolute Gasteiger partial charge is 0.664 e.